The Balaban J connectivity index is 0.00000300. The van der Waals surface area contributed by atoms with E-state index in [9.17, 15) is 4.79 Å². The molecule has 1 amide bonds. The first-order valence-corrected chi connectivity index (χ1v) is 9.76. The third-order valence-electron chi connectivity index (χ3n) is 4.60. The number of aryl methyl sites for hydroxylation is 1. The van der Waals surface area contributed by atoms with Crippen molar-refractivity contribution in [3.8, 4) is 5.75 Å². The van der Waals surface area contributed by atoms with E-state index in [1.165, 1.54) is 5.56 Å². The van der Waals surface area contributed by atoms with Gasteiger partial charge in [-0.2, -0.15) is 0 Å². The Hall–Kier alpha value is -2.29. The third kappa shape index (κ3) is 6.92. The van der Waals surface area contributed by atoms with E-state index in [2.05, 4.69) is 33.9 Å². The maximum absolute atomic E-state index is 12.0. The second-order valence-electron chi connectivity index (χ2n) is 6.84. The van der Waals surface area contributed by atoms with Crippen LogP contribution in [0.25, 0.3) is 0 Å². The van der Waals surface area contributed by atoms with Crippen LogP contribution in [0.2, 0.25) is 0 Å². The van der Waals surface area contributed by atoms with Crippen LogP contribution < -0.4 is 20.7 Å². The zero-order valence-corrected chi connectivity index (χ0v) is 19.2. The van der Waals surface area contributed by atoms with Crippen LogP contribution in [0, 0.1) is 6.92 Å². The molecule has 3 N–H and O–H groups in total. The molecule has 0 fully saturated rings. The van der Waals surface area contributed by atoms with Crippen molar-refractivity contribution in [1.29, 1.82) is 0 Å². The van der Waals surface area contributed by atoms with Gasteiger partial charge in [-0.05, 0) is 37.6 Å². The monoisotopic (exact) mass is 508 g/mol. The lowest BCUT2D eigenvalue weighted by atomic mass is 9.91. The maximum atomic E-state index is 12.0. The van der Waals surface area contributed by atoms with Crippen molar-refractivity contribution >= 4 is 41.5 Å². The molecule has 2 aromatic carbocycles. The maximum Gasteiger partial charge on any atom is 0.225 e. The predicted molar refractivity (Wildman–Crippen MR) is 129 cm³/mol. The zero-order chi connectivity index (χ0) is 19.8. The number of carbonyl (C=O) groups is 1. The first kappa shape index (κ1) is 23.0. The summed E-state index contributed by atoms with van der Waals surface area (Å²) in [5, 5.41) is 9.47. The second-order valence-corrected chi connectivity index (χ2v) is 6.84. The summed E-state index contributed by atoms with van der Waals surface area (Å²) >= 11 is 0. The summed E-state index contributed by atoms with van der Waals surface area (Å²) in [6, 6.07) is 15.9. The molecule has 0 aliphatic carbocycles. The van der Waals surface area contributed by atoms with E-state index in [0.29, 0.717) is 26.1 Å². The predicted octanol–water partition coefficient (Wildman–Crippen LogP) is 3.67. The summed E-state index contributed by atoms with van der Waals surface area (Å²) in [7, 11) is 0. The number of ether oxygens (including phenoxy) is 1. The number of nitrogens with zero attached hydrogens (tertiary/aromatic N) is 1. The number of fused-ring (bicyclic) bond motifs is 1. The minimum Gasteiger partial charge on any atom is -0.492 e. The molecule has 0 spiro atoms. The molecule has 0 radical (unpaired) electrons. The number of anilines is 1. The van der Waals surface area contributed by atoms with E-state index in [4.69, 9.17) is 4.74 Å². The Bertz CT molecular complexity index is 824. The number of rotatable bonds is 7. The van der Waals surface area contributed by atoms with Gasteiger partial charge in [0.1, 0.15) is 12.4 Å². The Morgan fingerprint density at radius 1 is 1.17 bits per heavy atom. The Morgan fingerprint density at radius 3 is 2.69 bits per heavy atom. The first-order valence-electron chi connectivity index (χ1n) is 9.76. The fourth-order valence-corrected chi connectivity index (χ4v) is 3.18. The van der Waals surface area contributed by atoms with Crippen molar-refractivity contribution in [3.63, 3.8) is 0 Å². The van der Waals surface area contributed by atoms with Crippen LogP contribution in [0.15, 0.2) is 53.5 Å². The molecule has 0 saturated carbocycles. The van der Waals surface area contributed by atoms with E-state index in [-0.39, 0.29) is 35.8 Å². The molecule has 3 rings (SSSR count). The first-order chi connectivity index (χ1) is 13.7. The van der Waals surface area contributed by atoms with E-state index < -0.39 is 0 Å². The van der Waals surface area contributed by atoms with E-state index >= 15 is 0 Å². The number of halogens is 1. The molecule has 0 aromatic heterocycles. The van der Waals surface area contributed by atoms with Crippen molar-refractivity contribution in [2.45, 2.75) is 26.2 Å². The summed E-state index contributed by atoms with van der Waals surface area (Å²) in [6.07, 6.45) is 0.455. The van der Waals surface area contributed by atoms with Gasteiger partial charge in [0, 0.05) is 24.6 Å². The molecule has 156 valence electrons. The highest BCUT2D eigenvalue weighted by atomic mass is 127. The van der Waals surface area contributed by atoms with Crippen molar-refractivity contribution in [3.05, 3.63) is 59.7 Å². The normalized spacial score (nSPS) is 15.6. The molecule has 1 aliphatic rings. The van der Waals surface area contributed by atoms with Crippen LogP contribution in [-0.4, -0.2) is 38.1 Å². The highest BCUT2D eigenvalue weighted by Gasteiger charge is 2.24. The number of hydrogen-bond donors (Lipinski definition) is 3. The average molecular weight is 508 g/mol. The van der Waals surface area contributed by atoms with Crippen molar-refractivity contribution in [2.75, 3.05) is 31.6 Å². The highest BCUT2D eigenvalue weighted by molar-refractivity contribution is 14.0. The molecule has 1 heterocycles. The topological polar surface area (TPSA) is 74.8 Å². The van der Waals surface area contributed by atoms with Crippen LogP contribution in [0.5, 0.6) is 5.75 Å². The van der Waals surface area contributed by atoms with Crippen LogP contribution >= 0.6 is 24.0 Å². The van der Waals surface area contributed by atoms with Gasteiger partial charge in [0.15, 0.2) is 5.96 Å². The number of carbonyl (C=O) groups excluding carboxylic acids is 1. The Kier molecular flexibility index (Phi) is 9.24. The van der Waals surface area contributed by atoms with Gasteiger partial charge in [0.05, 0.1) is 13.1 Å². The Labute approximate surface area is 189 Å². The third-order valence-corrected chi connectivity index (χ3v) is 4.60. The number of hydrogen-bond acceptors (Lipinski definition) is 3. The summed E-state index contributed by atoms with van der Waals surface area (Å²) < 4.78 is 5.75. The molecular formula is C22H29IN4O2. The van der Waals surface area contributed by atoms with Gasteiger partial charge in [-0.1, -0.05) is 35.9 Å². The summed E-state index contributed by atoms with van der Waals surface area (Å²) in [5.74, 6) is 1.73. The van der Waals surface area contributed by atoms with E-state index in [1.807, 2.05) is 49.4 Å². The fourth-order valence-electron chi connectivity index (χ4n) is 3.18. The quantitative estimate of drug-likeness (QED) is 0.231. The van der Waals surface area contributed by atoms with E-state index in [0.717, 1.165) is 29.5 Å². The molecule has 6 nitrogen and oxygen atoms in total. The van der Waals surface area contributed by atoms with Crippen LogP contribution in [0.1, 0.15) is 30.4 Å². The molecule has 0 bridgehead atoms. The second kappa shape index (κ2) is 11.6. The van der Waals surface area contributed by atoms with Gasteiger partial charge in [-0.15, -0.1) is 24.0 Å². The van der Waals surface area contributed by atoms with E-state index in [1.54, 1.807) is 0 Å². The van der Waals surface area contributed by atoms with Crippen LogP contribution in [0.4, 0.5) is 5.69 Å². The number of amides is 1. The van der Waals surface area contributed by atoms with Gasteiger partial charge in [0.2, 0.25) is 5.91 Å². The van der Waals surface area contributed by atoms with Gasteiger partial charge < -0.3 is 20.7 Å². The smallest absolute Gasteiger partial charge is 0.225 e. The van der Waals surface area contributed by atoms with Crippen molar-refractivity contribution in [1.82, 2.24) is 10.6 Å². The SMILES string of the molecule is CCNC(=NCC1CC(=O)Nc2ccccc21)NCCOc1ccc(C)cc1.I. The van der Waals surface area contributed by atoms with Gasteiger partial charge in [-0.3, -0.25) is 9.79 Å². The number of aliphatic imine (C=N–C) groups is 1. The minimum absolute atomic E-state index is 0. The number of benzene rings is 2. The van der Waals surface area contributed by atoms with Gasteiger partial charge in [-0.25, -0.2) is 0 Å². The molecular weight excluding hydrogens is 479 g/mol. The van der Waals surface area contributed by atoms with Crippen LogP contribution in [0.3, 0.4) is 0 Å². The zero-order valence-electron chi connectivity index (χ0n) is 16.9. The number of para-hydroxylation sites is 1. The molecule has 7 heteroatoms. The van der Waals surface area contributed by atoms with Crippen molar-refractivity contribution in [2.24, 2.45) is 4.99 Å². The molecule has 2 aromatic rings. The van der Waals surface area contributed by atoms with Gasteiger partial charge in [0.25, 0.3) is 0 Å². The average Bonchev–Trinajstić information content (AvgIpc) is 2.70. The number of guanidine groups is 1. The summed E-state index contributed by atoms with van der Waals surface area (Å²) in [4.78, 5) is 16.7. The van der Waals surface area contributed by atoms with Gasteiger partial charge >= 0.3 is 0 Å². The standard InChI is InChI=1S/C22H28N4O2.HI/c1-3-23-22(24-12-13-28-18-10-8-16(2)9-11-18)25-15-17-14-21(27)26-20-7-5-4-6-19(17)20;/h4-11,17H,3,12-15H2,1-2H3,(H,26,27)(H2,23,24,25);1H. The van der Waals surface area contributed by atoms with Crippen LogP contribution in [-0.2, 0) is 4.79 Å². The molecule has 29 heavy (non-hydrogen) atoms. The largest absolute Gasteiger partial charge is 0.492 e. The lowest BCUT2D eigenvalue weighted by molar-refractivity contribution is -0.116. The minimum atomic E-state index is 0. The lowest BCUT2D eigenvalue weighted by Crippen LogP contribution is -2.39. The highest BCUT2D eigenvalue weighted by Crippen LogP contribution is 2.31. The fraction of sp³-hybridized carbons (Fsp3) is 0.364. The number of nitrogens with one attached hydrogen (secondary N) is 3. The summed E-state index contributed by atoms with van der Waals surface area (Å²) in [5.41, 5.74) is 3.25. The lowest BCUT2D eigenvalue weighted by Gasteiger charge is -2.24. The molecule has 1 aliphatic heterocycles. The Morgan fingerprint density at radius 2 is 1.93 bits per heavy atom. The molecule has 0 saturated heterocycles. The summed E-state index contributed by atoms with van der Waals surface area (Å²) in [6.45, 7) is 6.59. The molecule has 1 unspecified atom stereocenters. The molecule has 1 atom stereocenters. The van der Waals surface area contributed by atoms with Crippen molar-refractivity contribution < 1.29 is 9.53 Å².